The number of methoxy groups -OCH3 is 1. The second-order valence-corrected chi connectivity index (χ2v) is 5.61. The largest absolute Gasteiger partial charge is 0.507 e. The van der Waals surface area contributed by atoms with E-state index in [1.54, 1.807) is 42.7 Å². The van der Waals surface area contributed by atoms with Crippen LogP contribution in [0.1, 0.15) is 11.1 Å². The number of ether oxygens (including phenoxy) is 1. The summed E-state index contributed by atoms with van der Waals surface area (Å²) in [5.74, 6) is 1.65. The zero-order chi connectivity index (χ0) is 17.4. The van der Waals surface area contributed by atoms with Gasteiger partial charge in [-0.1, -0.05) is 0 Å². The molecule has 3 heterocycles. The summed E-state index contributed by atoms with van der Waals surface area (Å²) in [7, 11) is 1.48. The van der Waals surface area contributed by atoms with Crippen molar-refractivity contribution in [2.45, 2.75) is 0 Å². The van der Waals surface area contributed by atoms with Crippen molar-refractivity contribution in [3.05, 3.63) is 53.9 Å². The minimum atomic E-state index is 0. The highest BCUT2D eigenvalue weighted by molar-refractivity contribution is 6.20. The quantitative estimate of drug-likeness (QED) is 0.808. The highest BCUT2D eigenvalue weighted by Crippen LogP contribution is 2.42. The van der Waals surface area contributed by atoms with E-state index in [2.05, 4.69) is 15.0 Å². The maximum atomic E-state index is 10.4. The highest BCUT2D eigenvalue weighted by atomic mass is 35.5. The topological polar surface area (TPSA) is 90.5 Å². The van der Waals surface area contributed by atoms with Crippen LogP contribution >= 0.6 is 12.4 Å². The van der Waals surface area contributed by atoms with Gasteiger partial charge in [0.25, 0.3) is 0 Å². The smallest absolute Gasteiger partial charge is 0.187 e. The van der Waals surface area contributed by atoms with Gasteiger partial charge in [0, 0.05) is 36.1 Å². The fraction of sp³-hybridized carbons (Fsp3) is 0.167. The van der Waals surface area contributed by atoms with Crippen LogP contribution < -0.4 is 4.74 Å². The number of halogens is 1. The summed E-state index contributed by atoms with van der Waals surface area (Å²) in [6.07, 6.45) is 4.79. The fourth-order valence-electron chi connectivity index (χ4n) is 2.96. The van der Waals surface area contributed by atoms with Crippen LogP contribution in [0, 0.1) is 0 Å². The van der Waals surface area contributed by atoms with Gasteiger partial charge in [0.05, 0.1) is 13.7 Å². The van der Waals surface area contributed by atoms with Crippen molar-refractivity contribution in [1.29, 1.82) is 0 Å². The van der Waals surface area contributed by atoms with E-state index in [-0.39, 0.29) is 23.9 Å². The van der Waals surface area contributed by atoms with Crippen LogP contribution in [0.4, 0.5) is 5.69 Å². The molecule has 7 nitrogen and oxygen atoms in total. The molecule has 0 saturated heterocycles. The molecule has 8 heteroatoms. The van der Waals surface area contributed by atoms with Crippen LogP contribution in [0.3, 0.4) is 0 Å². The molecule has 0 unspecified atom stereocenters. The molecule has 0 saturated carbocycles. The zero-order valence-corrected chi connectivity index (χ0v) is 14.8. The number of aliphatic hydroxyl groups excluding tert-OH is 1. The summed E-state index contributed by atoms with van der Waals surface area (Å²) in [6, 6.07) is 6.86. The Morgan fingerprint density at radius 1 is 1.31 bits per heavy atom. The number of phenolic OH excluding ortho intramolecular Hbond substituents is 1. The number of aliphatic hydroxyl groups is 1. The fourth-order valence-corrected chi connectivity index (χ4v) is 2.96. The summed E-state index contributed by atoms with van der Waals surface area (Å²) in [4.78, 5) is 15.1. The van der Waals surface area contributed by atoms with Gasteiger partial charge >= 0.3 is 0 Å². The van der Waals surface area contributed by atoms with Crippen molar-refractivity contribution in [3.63, 3.8) is 0 Å². The number of phenols is 1. The standard InChI is InChI=1S/C18H16N4O3.ClH/c1-25-17-13(23)5-4-12-16(17)21-15(22-8-7-20-18(12)22)9-14(24)11-3-2-6-19-10-11;/h2-6,9-10,23-24H,7-8H2,1H3;1H/b14-9-;. The number of aromatic nitrogens is 1. The molecule has 2 aromatic rings. The van der Waals surface area contributed by atoms with Gasteiger partial charge in [0.2, 0.25) is 0 Å². The number of nitrogens with zero attached hydrogens (tertiary/aromatic N) is 4. The van der Waals surface area contributed by atoms with E-state index in [9.17, 15) is 10.2 Å². The Balaban J connectivity index is 0.00000196. The first-order valence-corrected chi connectivity index (χ1v) is 7.81. The third kappa shape index (κ3) is 2.86. The van der Waals surface area contributed by atoms with E-state index >= 15 is 0 Å². The molecule has 0 aliphatic carbocycles. The lowest BCUT2D eigenvalue weighted by atomic mass is 10.1. The summed E-state index contributed by atoms with van der Waals surface area (Å²) in [6.45, 7) is 1.31. The van der Waals surface area contributed by atoms with Gasteiger partial charge in [0.1, 0.15) is 23.1 Å². The van der Waals surface area contributed by atoms with Gasteiger partial charge in [0.15, 0.2) is 11.5 Å². The molecule has 0 bridgehead atoms. The van der Waals surface area contributed by atoms with E-state index in [1.807, 2.05) is 4.90 Å². The minimum Gasteiger partial charge on any atom is -0.507 e. The lowest BCUT2D eigenvalue weighted by Gasteiger charge is -2.27. The van der Waals surface area contributed by atoms with Crippen LogP contribution in [0.15, 0.2) is 52.7 Å². The molecule has 4 rings (SSSR count). The number of hydrogen-bond donors (Lipinski definition) is 2. The maximum Gasteiger partial charge on any atom is 0.187 e. The van der Waals surface area contributed by atoms with E-state index in [0.717, 1.165) is 11.4 Å². The number of rotatable bonds is 3. The Bertz CT molecular complexity index is 926. The van der Waals surface area contributed by atoms with Crippen molar-refractivity contribution in [2.24, 2.45) is 9.98 Å². The lowest BCUT2D eigenvalue weighted by Crippen LogP contribution is -2.36. The van der Waals surface area contributed by atoms with Gasteiger partial charge < -0.3 is 19.8 Å². The second-order valence-electron chi connectivity index (χ2n) is 5.61. The van der Waals surface area contributed by atoms with Crippen LogP contribution in [0.2, 0.25) is 0 Å². The van der Waals surface area contributed by atoms with Crippen molar-refractivity contribution >= 4 is 35.5 Å². The van der Waals surface area contributed by atoms with Gasteiger partial charge in [-0.05, 0) is 24.3 Å². The molecule has 134 valence electrons. The Kier molecular flexibility index (Phi) is 4.81. The molecule has 2 aliphatic rings. The highest BCUT2D eigenvalue weighted by Gasteiger charge is 2.31. The Hall–Kier alpha value is -3.06. The Labute approximate surface area is 156 Å². The van der Waals surface area contributed by atoms with Crippen LogP contribution in [0.25, 0.3) is 5.76 Å². The van der Waals surface area contributed by atoms with Crippen molar-refractivity contribution in [2.75, 3.05) is 20.2 Å². The van der Waals surface area contributed by atoms with E-state index in [4.69, 9.17) is 4.74 Å². The van der Waals surface area contributed by atoms with Gasteiger partial charge in [-0.2, -0.15) is 0 Å². The van der Waals surface area contributed by atoms with Crippen LogP contribution in [-0.2, 0) is 0 Å². The monoisotopic (exact) mass is 372 g/mol. The Morgan fingerprint density at radius 2 is 2.15 bits per heavy atom. The predicted octanol–water partition coefficient (Wildman–Crippen LogP) is 2.92. The third-order valence-electron chi connectivity index (χ3n) is 4.12. The average molecular weight is 373 g/mol. The number of aromatic hydroxyl groups is 1. The minimum absolute atomic E-state index is 0. The summed E-state index contributed by atoms with van der Waals surface area (Å²) >= 11 is 0. The number of hydrogen-bond acceptors (Lipinski definition) is 7. The average Bonchev–Trinajstić information content (AvgIpc) is 3.12. The first kappa shape index (κ1) is 17.8. The molecule has 2 aliphatic heterocycles. The van der Waals surface area contributed by atoms with Crippen LogP contribution in [-0.4, -0.2) is 52.0 Å². The summed E-state index contributed by atoms with van der Waals surface area (Å²) in [5.41, 5.74) is 1.89. The number of pyridine rings is 1. The maximum absolute atomic E-state index is 10.4. The van der Waals surface area contributed by atoms with Gasteiger partial charge in [-0.25, -0.2) is 4.99 Å². The van der Waals surface area contributed by atoms with Crippen molar-refractivity contribution in [1.82, 2.24) is 9.88 Å². The first-order valence-electron chi connectivity index (χ1n) is 7.81. The van der Waals surface area contributed by atoms with E-state index in [0.29, 0.717) is 35.9 Å². The molecule has 26 heavy (non-hydrogen) atoms. The third-order valence-corrected chi connectivity index (χ3v) is 4.12. The SMILES string of the molecule is COc1c(O)ccc2c1N=C(/C=C(\O)c1cccnc1)N1CCN=C21.Cl. The van der Waals surface area contributed by atoms with Gasteiger partial charge in [-0.3, -0.25) is 9.98 Å². The van der Waals surface area contributed by atoms with Crippen molar-refractivity contribution < 1.29 is 14.9 Å². The zero-order valence-electron chi connectivity index (χ0n) is 14.0. The molecule has 1 aromatic carbocycles. The number of fused-ring (bicyclic) bond motifs is 3. The molecule has 0 radical (unpaired) electrons. The molecular formula is C18H17ClN4O3. The van der Waals surface area contributed by atoms with Gasteiger partial charge in [-0.15, -0.1) is 12.4 Å². The Morgan fingerprint density at radius 3 is 2.88 bits per heavy atom. The molecular weight excluding hydrogens is 356 g/mol. The van der Waals surface area contributed by atoms with Crippen molar-refractivity contribution in [3.8, 4) is 11.5 Å². The van der Waals surface area contributed by atoms with E-state index < -0.39 is 0 Å². The molecule has 0 atom stereocenters. The lowest BCUT2D eigenvalue weighted by molar-refractivity contribution is 0.374. The molecule has 0 fully saturated rings. The summed E-state index contributed by atoms with van der Waals surface area (Å²) < 4.78 is 5.31. The number of benzene rings is 1. The first-order chi connectivity index (χ1) is 12.2. The molecule has 1 aromatic heterocycles. The molecule has 0 spiro atoms. The molecule has 2 N–H and O–H groups in total. The molecule has 0 amide bonds. The van der Waals surface area contributed by atoms with Crippen LogP contribution in [0.5, 0.6) is 11.5 Å². The van der Waals surface area contributed by atoms with E-state index in [1.165, 1.54) is 7.11 Å². The summed E-state index contributed by atoms with van der Waals surface area (Å²) in [5, 5.41) is 20.4. The normalized spacial score (nSPS) is 15.4. The number of aliphatic imine (C=N–C) groups is 2. The second kappa shape index (κ2) is 7.05. The predicted molar refractivity (Wildman–Crippen MR) is 102 cm³/mol. The number of amidine groups is 2.